The summed E-state index contributed by atoms with van der Waals surface area (Å²) in [5.74, 6) is 1.54. The van der Waals surface area contributed by atoms with Crippen molar-refractivity contribution in [2.45, 2.75) is 51.1 Å². The molecule has 3 heterocycles. The highest BCUT2D eigenvalue weighted by molar-refractivity contribution is 5.64. The molecule has 2 bridgehead atoms. The van der Waals surface area contributed by atoms with Crippen LogP contribution in [0.1, 0.15) is 41.1 Å². The van der Waals surface area contributed by atoms with Crippen molar-refractivity contribution < 1.29 is 0 Å². The van der Waals surface area contributed by atoms with E-state index in [9.17, 15) is 0 Å². The fourth-order valence-corrected chi connectivity index (χ4v) is 5.76. The van der Waals surface area contributed by atoms with Crippen molar-refractivity contribution in [3.63, 3.8) is 0 Å². The van der Waals surface area contributed by atoms with Crippen LogP contribution in [0.25, 0.3) is 0 Å². The number of aromatic nitrogens is 1. The first-order chi connectivity index (χ1) is 12.6. The molecular weight excluding hydrogens is 318 g/mol. The predicted molar refractivity (Wildman–Crippen MR) is 107 cm³/mol. The largest absolute Gasteiger partial charge is 0.367 e. The summed E-state index contributed by atoms with van der Waals surface area (Å²) in [5, 5.41) is 0. The van der Waals surface area contributed by atoms with E-state index in [1.807, 2.05) is 0 Å². The van der Waals surface area contributed by atoms with E-state index in [0.29, 0.717) is 12.0 Å². The Morgan fingerprint density at radius 1 is 1.15 bits per heavy atom. The number of aryl methyl sites for hydroxylation is 2. The number of nitrogens with zero attached hydrogens (tertiary/aromatic N) is 3. The molecular formula is C23H29N3. The van der Waals surface area contributed by atoms with Gasteiger partial charge >= 0.3 is 0 Å². The zero-order valence-corrected chi connectivity index (χ0v) is 16.2. The molecule has 4 atom stereocenters. The predicted octanol–water partition coefficient (Wildman–Crippen LogP) is 3.94. The molecule has 3 nitrogen and oxygen atoms in total. The number of hydrogen-bond acceptors (Lipinski definition) is 3. The van der Waals surface area contributed by atoms with Gasteiger partial charge in [0.15, 0.2) is 0 Å². The Morgan fingerprint density at radius 3 is 2.85 bits per heavy atom. The molecule has 1 aromatic carbocycles. The van der Waals surface area contributed by atoms with Gasteiger partial charge in [-0.1, -0.05) is 23.8 Å². The number of fused-ring (bicyclic) bond motifs is 7. The van der Waals surface area contributed by atoms with Crippen molar-refractivity contribution in [1.82, 2.24) is 9.88 Å². The third-order valence-corrected chi connectivity index (χ3v) is 7.05. The van der Waals surface area contributed by atoms with Gasteiger partial charge in [-0.25, -0.2) is 0 Å². The minimum Gasteiger partial charge on any atom is -0.367 e. The van der Waals surface area contributed by atoms with Gasteiger partial charge in [0.25, 0.3) is 0 Å². The second kappa shape index (κ2) is 6.09. The average Bonchev–Trinajstić information content (AvgIpc) is 3.12. The third-order valence-electron chi connectivity index (χ3n) is 7.05. The fraction of sp³-hybridized carbons (Fsp3) is 0.522. The van der Waals surface area contributed by atoms with E-state index in [1.54, 1.807) is 5.56 Å². The highest BCUT2D eigenvalue weighted by atomic mass is 15.3. The number of pyridine rings is 1. The summed E-state index contributed by atoms with van der Waals surface area (Å²) in [7, 11) is 2.33. The lowest BCUT2D eigenvalue weighted by Crippen LogP contribution is -2.38. The van der Waals surface area contributed by atoms with Gasteiger partial charge in [0.2, 0.25) is 0 Å². The summed E-state index contributed by atoms with van der Waals surface area (Å²) in [6.45, 7) is 6.66. The van der Waals surface area contributed by atoms with E-state index >= 15 is 0 Å². The number of likely N-dealkylation sites (tertiary alicyclic amines) is 1. The molecule has 26 heavy (non-hydrogen) atoms. The maximum absolute atomic E-state index is 4.48. The second-order valence-electron chi connectivity index (χ2n) is 8.66. The lowest BCUT2D eigenvalue weighted by Gasteiger charge is -2.34. The van der Waals surface area contributed by atoms with Crippen molar-refractivity contribution >= 4 is 5.69 Å². The Kier molecular flexibility index (Phi) is 3.82. The van der Waals surface area contributed by atoms with Crippen molar-refractivity contribution in [2.75, 3.05) is 25.0 Å². The normalized spacial score (nSPS) is 29.7. The molecule has 1 aromatic heterocycles. The van der Waals surface area contributed by atoms with Crippen LogP contribution in [0.15, 0.2) is 36.5 Å². The molecule has 2 fully saturated rings. The first-order valence-corrected chi connectivity index (χ1v) is 10.1. The zero-order chi connectivity index (χ0) is 17.8. The number of rotatable bonds is 3. The van der Waals surface area contributed by atoms with Gasteiger partial charge < -0.3 is 9.80 Å². The van der Waals surface area contributed by atoms with Crippen LogP contribution in [0, 0.1) is 19.8 Å². The highest BCUT2D eigenvalue weighted by Gasteiger charge is 2.54. The molecule has 1 saturated heterocycles. The van der Waals surface area contributed by atoms with Crippen LogP contribution in [-0.4, -0.2) is 42.1 Å². The van der Waals surface area contributed by atoms with Crippen molar-refractivity contribution in [2.24, 2.45) is 5.92 Å². The van der Waals surface area contributed by atoms with Crippen LogP contribution in [0.5, 0.6) is 0 Å². The van der Waals surface area contributed by atoms with Gasteiger partial charge in [-0.3, -0.25) is 4.98 Å². The number of likely N-dealkylation sites (N-methyl/N-ethyl adjacent to an activating group) is 1. The lowest BCUT2D eigenvalue weighted by atomic mass is 9.92. The van der Waals surface area contributed by atoms with Crippen LogP contribution >= 0.6 is 0 Å². The van der Waals surface area contributed by atoms with Gasteiger partial charge in [-0.15, -0.1) is 0 Å². The van der Waals surface area contributed by atoms with E-state index in [0.717, 1.165) is 30.6 Å². The Labute approximate surface area is 157 Å². The van der Waals surface area contributed by atoms with E-state index in [4.69, 9.17) is 0 Å². The van der Waals surface area contributed by atoms with Crippen LogP contribution in [0.4, 0.5) is 5.69 Å². The van der Waals surface area contributed by atoms with Crippen LogP contribution in [0.3, 0.4) is 0 Å². The maximum Gasteiger partial charge on any atom is 0.0406 e. The molecule has 1 aliphatic carbocycles. The number of anilines is 1. The van der Waals surface area contributed by atoms with Crippen molar-refractivity contribution in [1.29, 1.82) is 0 Å². The minimum atomic E-state index is 0.693. The Morgan fingerprint density at radius 2 is 2.04 bits per heavy atom. The summed E-state index contributed by atoms with van der Waals surface area (Å²) in [6.07, 6.45) is 5.86. The van der Waals surface area contributed by atoms with Gasteiger partial charge in [0.1, 0.15) is 0 Å². The quantitative estimate of drug-likeness (QED) is 0.838. The number of piperidine rings is 1. The van der Waals surface area contributed by atoms with Gasteiger partial charge in [0, 0.05) is 42.1 Å². The second-order valence-corrected chi connectivity index (χ2v) is 8.66. The fourth-order valence-electron chi connectivity index (χ4n) is 5.76. The number of hydrogen-bond donors (Lipinski definition) is 0. The first kappa shape index (κ1) is 16.3. The number of benzene rings is 1. The highest BCUT2D eigenvalue weighted by Crippen LogP contribution is 2.55. The molecule has 0 spiro atoms. The molecule has 0 radical (unpaired) electrons. The van der Waals surface area contributed by atoms with E-state index in [-0.39, 0.29) is 0 Å². The zero-order valence-electron chi connectivity index (χ0n) is 16.2. The summed E-state index contributed by atoms with van der Waals surface area (Å²) >= 11 is 0. The summed E-state index contributed by atoms with van der Waals surface area (Å²) < 4.78 is 0. The average molecular weight is 348 g/mol. The minimum absolute atomic E-state index is 0.693. The Hall–Kier alpha value is -1.87. The van der Waals surface area contributed by atoms with Crippen LogP contribution < -0.4 is 4.90 Å². The molecule has 2 aliphatic heterocycles. The summed E-state index contributed by atoms with van der Waals surface area (Å²) in [5.41, 5.74) is 6.96. The van der Waals surface area contributed by atoms with Gasteiger partial charge in [-0.05, 0) is 75.9 Å². The molecule has 5 rings (SSSR count). The molecule has 0 N–H and O–H groups in total. The van der Waals surface area contributed by atoms with Crippen molar-refractivity contribution in [3.8, 4) is 0 Å². The topological polar surface area (TPSA) is 19.4 Å². The van der Waals surface area contributed by atoms with Crippen LogP contribution in [-0.2, 0) is 6.42 Å². The van der Waals surface area contributed by atoms with Crippen molar-refractivity contribution in [3.05, 3.63) is 58.9 Å². The molecule has 3 aliphatic rings. The molecule has 0 unspecified atom stereocenters. The maximum atomic E-state index is 4.48. The summed E-state index contributed by atoms with van der Waals surface area (Å²) in [6, 6.07) is 12.9. The monoisotopic (exact) mass is 347 g/mol. The molecule has 136 valence electrons. The Bertz CT molecular complexity index is 813. The Balaban J connectivity index is 1.48. The molecule has 3 heteroatoms. The van der Waals surface area contributed by atoms with Gasteiger partial charge in [0.05, 0.1) is 0 Å². The smallest absolute Gasteiger partial charge is 0.0406 e. The van der Waals surface area contributed by atoms with E-state index in [2.05, 4.69) is 72.2 Å². The third kappa shape index (κ3) is 2.48. The standard InChI is InChI=1S/C23H29N3/c1-15-4-7-20-19(12-15)22-21-13-18(9-10-25(21)3)23(22)26(20)11-8-17-6-5-16(2)24-14-17/h4-7,12,14,18,21-23H,8-11,13H2,1-3H3/t18-,21+,22+,23-/m0/s1. The van der Waals surface area contributed by atoms with Gasteiger partial charge in [-0.2, -0.15) is 0 Å². The lowest BCUT2D eigenvalue weighted by molar-refractivity contribution is 0.184. The van der Waals surface area contributed by atoms with E-state index in [1.165, 1.54) is 36.2 Å². The molecule has 2 aromatic rings. The SMILES string of the molecule is Cc1ccc2c(c1)[C@H]1[C@H]([C@H]3CCN(C)[C@@H]1C3)N2CCc1ccc(C)nc1. The van der Waals surface area contributed by atoms with E-state index < -0.39 is 0 Å². The first-order valence-electron chi connectivity index (χ1n) is 10.1. The van der Waals surface area contributed by atoms with Crippen LogP contribution in [0.2, 0.25) is 0 Å². The molecule has 0 amide bonds. The summed E-state index contributed by atoms with van der Waals surface area (Å²) in [4.78, 5) is 9.86. The molecule has 1 saturated carbocycles.